The van der Waals surface area contributed by atoms with E-state index in [-0.39, 0.29) is 5.56 Å². The quantitative estimate of drug-likeness (QED) is 0.406. The number of para-hydroxylation sites is 2. The van der Waals surface area contributed by atoms with E-state index in [1.54, 1.807) is 4.57 Å². The van der Waals surface area contributed by atoms with E-state index >= 15 is 0 Å². The molecule has 29 heavy (non-hydrogen) atoms. The van der Waals surface area contributed by atoms with Crippen LogP contribution in [0, 0.1) is 6.92 Å². The summed E-state index contributed by atoms with van der Waals surface area (Å²) in [5, 5.41) is 10.5. The Labute approximate surface area is 165 Å². The summed E-state index contributed by atoms with van der Waals surface area (Å²) in [6.07, 6.45) is 0. The van der Waals surface area contributed by atoms with E-state index in [4.69, 9.17) is 4.98 Å². The molecule has 0 spiro atoms. The number of nitrogens with zero attached hydrogens (tertiary/aromatic N) is 5. The van der Waals surface area contributed by atoms with Gasteiger partial charge in [-0.1, -0.05) is 48.0 Å². The minimum atomic E-state index is -0.130. The molecule has 0 saturated carbocycles. The van der Waals surface area contributed by atoms with Crippen LogP contribution in [0.25, 0.3) is 44.8 Å². The molecule has 0 radical (unpaired) electrons. The summed E-state index contributed by atoms with van der Waals surface area (Å²) < 4.78 is 3.53. The predicted molar refractivity (Wildman–Crippen MR) is 113 cm³/mol. The molecule has 2 aliphatic heterocycles. The highest BCUT2D eigenvalue weighted by Gasteiger charge is 2.22. The van der Waals surface area contributed by atoms with Gasteiger partial charge in [0.25, 0.3) is 5.56 Å². The van der Waals surface area contributed by atoms with Crippen LogP contribution in [0.2, 0.25) is 0 Å². The van der Waals surface area contributed by atoms with Gasteiger partial charge < -0.3 is 0 Å². The second-order valence-electron chi connectivity index (χ2n) is 7.13. The molecule has 0 saturated heterocycles. The van der Waals surface area contributed by atoms with Gasteiger partial charge in [-0.2, -0.15) is 0 Å². The molecule has 3 aromatic carbocycles. The lowest BCUT2D eigenvalue weighted by Crippen LogP contribution is -2.24. The van der Waals surface area contributed by atoms with Crippen molar-refractivity contribution in [1.82, 2.24) is 24.1 Å². The van der Waals surface area contributed by atoms with E-state index in [0.717, 1.165) is 33.4 Å². The highest BCUT2D eigenvalue weighted by molar-refractivity contribution is 5.96. The van der Waals surface area contributed by atoms with Crippen molar-refractivity contribution >= 4 is 27.6 Å². The van der Waals surface area contributed by atoms with Crippen molar-refractivity contribution in [2.75, 3.05) is 0 Å². The Morgan fingerprint density at radius 3 is 2.34 bits per heavy atom. The van der Waals surface area contributed by atoms with Gasteiger partial charge in [0.1, 0.15) is 5.69 Å². The lowest BCUT2D eigenvalue weighted by atomic mass is 10.2. The van der Waals surface area contributed by atoms with E-state index in [1.807, 2.05) is 84.1 Å². The lowest BCUT2D eigenvalue weighted by molar-refractivity contribution is 0.883. The zero-order chi connectivity index (χ0) is 19.5. The highest BCUT2D eigenvalue weighted by Crippen LogP contribution is 2.30. The molecule has 4 aromatic rings. The molecule has 6 rings (SSSR count). The Bertz CT molecular complexity index is 1580. The zero-order valence-corrected chi connectivity index (χ0v) is 15.6. The summed E-state index contributed by atoms with van der Waals surface area (Å²) in [6.45, 7) is 2.02. The van der Waals surface area contributed by atoms with Gasteiger partial charge in [-0.05, 0) is 37.3 Å². The SMILES string of the molecule is Cc1ccc(-n2c(=O)c3ccccc3n3c4nc5ccccc5c-4nnc23)cc1. The summed E-state index contributed by atoms with van der Waals surface area (Å²) in [6, 6.07) is 23.2. The van der Waals surface area contributed by atoms with Crippen LogP contribution in [0.1, 0.15) is 5.56 Å². The molecule has 1 aromatic heterocycles. The standard InChI is InChI=1S/C23H15N5O/c1-14-10-12-15(13-11-14)27-22(29)17-7-3-5-9-19(17)28-21-20(25-26-23(27)28)16-6-2-4-8-18(16)24-21/h2-13H,1H3. The van der Waals surface area contributed by atoms with Gasteiger partial charge in [0.2, 0.25) is 5.78 Å². The molecule has 0 amide bonds. The van der Waals surface area contributed by atoms with Crippen LogP contribution in [0.15, 0.2) is 77.6 Å². The minimum Gasteiger partial charge on any atom is -0.268 e. The first-order chi connectivity index (χ1) is 14.2. The lowest BCUT2D eigenvalue weighted by Gasteiger charge is -2.15. The molecule has 2 aliphatic rings. The van der Waals surface area contributed by atoms with Gasteiger partial charge in [-0.15, -0.1) is 10.2 Å². The van der Waals surface area contributed by atoms with E-state index in [2.05, 4.69) is 10.2 Å². The first-order valence-electron chi connectivity index (χ1n) is 9.37. The van der Waals surface area contributed by atoms with Gasteiger partial charge in [-0.25, -0.2) is 9.55 Å². The molecule has 0 unspecified atom stereocenters. The number of hydrogen-bond donors (Lipinski definition) is 0. The van der Waals surface area contributed by atoms with Gasteiger partial charge >= 0.3 is 0 Å². The van der Waals surface area contributed by atoms with Gasteiger partial charge in [-0.3, -0.25) is 9.20 Å². The average Bonchev–Trinajstić information content (AvgIpc) is 3.14. The van der Waals surface area contributed by atoms with Crippen molar-refractivity contribution < 1.29 is 0 Å². The molecule has 0 N–H and O–H groups in total. The molecule has 138 valence electrons. The second-order valence-corrected chi connectivity index (χ2v) is 7.13. The minimum absolute atomic E-state index is 0.130. The fraction of sp³-hybridized carbons (Fsp3) is 0.0435. The van der Waals surface area contributed by atoms with E-state index in [0.29, 0.717) is 17.0 Å². The van der Waals surface area contributed by atoms with Crippen LogP contribution >= 0.6 is 0 Å². The molecule has 0 atom stereocenters. The zero-order valence-electron chi connectivity index (χ0n) is 15.6. The van der Waals surface area contributed by atoms with Crippen molar-refractivity contribution in [3.8, 4) is 17.2 Å². The maximum absolute atomic E-state index is 13.4. The van der Waals surface area contributed by atoms with Gasteiger partial charge in [0.15, 0.2) is 5.82 Å². The third-order valence-electron chi connectivity index (χ3n) is 5.32. The number of aromatic nitrogens is 5. The van der Waals surface area contributed by atoms with Crippen LogP contribution in [0.5, 0.6) is 0 Å². The van der Waals surface area contributed by atoms with Gasteiger partial charge in [0, 0.05) is 5.39 Å². The van der Waals surface area contributed by atoms with Crippen molar-refractivity contribution in [3.05, 3.63) is 88.7 Å². The number of benzene rings is 3. The fourth-order valence-electron chi connectivity index (χ4n) is 3.90. The topological polar surface area (TPSA) is 65.1 Å². The average molecular weight is 377 g/mol. The van der Waals surface area contributed by atoms with Crippen LogP contribution in [0.3, 0.4) is 0 Å². The molecular weight excluding hydrogens is 362 g/mol. The van der Waals surface area contributed by atoms with Crippen LogP contribution in [0.4, 0.5) is 0 Å². The normalized spacial score (nSPS) is 11.8. The number of hydrogen-bond acceptors (Lipinski definition) is 4. The maximum atomic E-state index is 13.4. The van der Waals surface area contributed by atoms with E-state index in [1.165, 1.54) is 0 Å². The predicted octanol–water partition coefficient (Wildman–Crippen LogP) is 3.99. The van der Waals surface area contributed by atoms with Crippen molar-refractivity contribution in [2.24, 2.45) is 0 Å². The Morgan fingerprint density at radius 2 is 1.52 bits per heavy atom. The molecular formula is C23H15N5O. The Morgan fingerprint density at radius 1 is 0.793 bits per heavy atom. The number of fused-ring (bicyclic) bond motifs is 7. The highest BCUT2D eigenvalue weighted by atomic mass is 16.1. The molecule has 6 nitrogen and oxygen atoms in total. The largest absolute Gasteiger partial charge is 0.268 e. The first kappa shape index (κ1) is 15.9. The molecule has 0 fully saturated rings. The van der Waals surface area contributed by atoms with Crippen LogP contribution in [-0.2, 0) is 0 Å². The third-order valence-corrected chi connectivity index (χ3v) is 5.32. The van der Waals surface area contributed by atoms with Crippen molar-refractivity contribution in [2.45, 2.75) is 6.92 Å². The molecule has 6 heteroatoms. The molecule has 3 heterocycles. The maximum Gasteiger partial charge on any atom is 0.267 e. The first-order valence-corrected chi connectivity index (χ1v) is 9.37. The summed E-state index contributed by atoms with van der Waals surface area (Å²) in [7, 11) is 0. The van der Waals surface area contributed by atoms with Gasteiger partial charge in [0.05, 0.1) is 22.1 Å². The Hall–Kier alpha value is -4.06. The summed E-state index contributed by atoms with van der Waals surface area (Å²) in [5.41, 5.74) is 4.07. The third kappa shape index (κ3) is 2.17. The van der Waals surface area contributed by atoms with Crippen molar-refractivity contribution in [3.63, 3.8) is 0 Å². The second kappa shape index (κ2) is 5.72. The smallest absolute Gasteiger partial charge is 0.267 e. The van der Waals surface area contributed by atoms with Crippen molar-refractivity contribution in [1.29, 1.82) is 0 Å². The van der Waals surface area contributed by atoms with Crippen LogP contribution < -0.4 is 5.56 Å². The van der Waals surface area contributed by atoms with E-state index < -0.39 is 0 Å². The monoisotopic (exact) mass is 377 g/mol. The van der Waals surface area contributed by atoms with E-state index in [9.17, 15) is 4.79 Å². The number of rotatable bonds is 1. The Kier molecular flexibility index (Phi) is 3.14. The summed E-state index contributed by atoms with van der Waals surface area (Å²) >= 11 is 0. The number of aryl methyl sites for hydroxylation is 1. The fourth-order valence-corrected chi connectivity index (χ4v) is 3.90. The molecule has 0 aliphatic carbocycles. The molecule has 0 bridgehead atoms. The summed E-state index contributed by atoms with van der Waals surface area (Å²) in [5.74, 6) is 1.13. The summed E-state index contributed by atoms with van der Waals surface area (Å²) in [4.78, 5) is 18.2. The van der Waals surface area contributed by atoms with Crippen LogP contribution in [-0.4, -0.2) is 24.1 Å². The Balaban J connectivity index is 1.88.